The van der Waals surface area contributed by atoms with Crippen molar-refractivity contribution in [3.05, 3.63) is 23.0 Å². The smallest absolute Gasteiger partial charge is 0.254 e. The minimum atomic E-state index is -0.138. The molecule has 106 valence electrons. The molecule has 1 aliphatic carbocycles. The van der Waals surface area contributed by atoms with Gasteiger partial charge in [0.1, 0.15) is 0 Å². The number of aromatic nitrogens is 3. The lowest BCUT2D eigenvalue weighted by Gasteiger charge is -2.12. The highest BCUT2D eigenvalue weighted by atomic mass is 35.5. The molecule has 1 N–H and O–H groups in total. The van der Waals surface area contributed by atoms with Gasteiger partial charge in [0, 0.05) is 18.8 Å². The lowest BCUT2D eigenvalue weighted by atomic mass is 10.2. The number of nitrogens with zero attached hydrogens (tertiary/aromatic N) is 3. The van der Waals surface area contributed by atoms with Crippen LogP contribution in [0.3, 0.4) is 0 Å². The number of carbonyl (C=O) groups excluding carboxylic acids is 1. The fraction of sp³-hybridized carbons (Fsp3) is 0.500. The molecule has 0 bridgehead atoms. The molecule has 0 saturated heterocycles. The number of aryl methyl sites for hydroxylation is 1. The van der Waals surface area contributed by atoms with Crippen molar-refractivity contribution in [2.24, 2.45) is 0 Å². The van der Waals surface area contributed by atoms with E-state index >= 15 is 0 Å². The summed E-state index contributed by atoms with van der Waals surface area (Å²) in [6.45, 7) is 2.71. The van der Waals surface area contributed by atoms with Gasteiger partial charge in [-0.15, -0.1) is 0 Å². The Hall–Kier alpha value is -1.62. The van der Waals surface area contributed by atoms with Gasteiger partial charge in [0.25, 0.3) is 5.91 Å². The molecule has 1 saturated carbocycles. The zero-order chi connectivity index (χ0) is 14.1. The fourth-order valence-electron chi connectivity index (χ4n) is 2.72. The van der Waals surface area contributed by atoms with Gasteiger partial charge in [-0.3, -0.25) is 4.79 Å². The number of hydrogen-bond donors (Lipinski definition) is 1. The van der Waals surface area contributed by atoms with Gasteiger partial charge in [0.05, 0.1) is 22.2 Å². The van der Waals surface area contributed by atoms with Crippen molar-refractivity contribution in [3.63, 3.8) is 0 Å². The third-order valence-corrected chi connectivity index (χ3v) is 4.24. The van der Waals surface area contributed by atoms with Crippen LogP contribution in [0.15, 0.2) is 12.4 Å². The summed E-state index contributed by atoms with van der Waals surface area (Å²) >= 11 is 6.34. The number of carbonyl (C=O) groups is 1. The van der Waals surface area contributed by atoms with E-state index in [2.05, 4.69) is 15.4 Å². The molecule has 20 heavy (non-hydrogen) atoms. The summed E-state index contributed by atoms with van der Waals surface area (Å²) in [5.41, 5.74) is 1.15. The molecule has 5 nitrogen and oxygen atoms in total. The second kappa shape index (κ2) is 5.40. The number of pyridine rings is 1. The van der Waals surface area contributed by atoms with E-state index in [1.54, 1.807) is 17.1 Å². The van der Waals surface area contributed by atoms with Crippen LogP contribution in [0.2, 0.25) is 5.02 Å². The Morgan fingerprint density at radius 1 is 1.45 bits per heavy atom. The van der Waals surface area contributed by atoms with Crippen LogP contribution < -0.4 is 5.32 Å². The predicted octanol–water partition coefficient (Wildman–Crippen LogP) is 2.78. The summed E-state index contributed by atoms with van der Waals surface area (Å²) in [5, 5.41) is 8.41. The standard InChI is InChI=1S/C14H17ClN4O/c1-2-19-13-10(8-17-19)12(15)11(7-16-13)14(20)18-9-5-3-4-6-9/h7-9H,2-6H2,1H3,(H,18,20). The normalized spacial score (nSPS) is 15.9. The first-order valence-electron chi connectivity index (χ1n) is 7.01. The van der Waals surface area contributed by atoms with E-state index in [1.165, 1.54) is 12.8 Å². The van der Waals surface area contributed by atoms with Gasteiger partial charge in [-0.25, -0.2) is 9.67 Å². The maximum absolute atomic E-state index is 12.3. The molecule has 2 aromatic rings. The van der Waals surface area contributed by atoms with Crippen LogP contribution in [-0.2, 0) is 6.54 Å². The van der Waals surface area contributed by atoms with Gasteiger partial charge >= 0.3 is 0 Å². The van der Waals surface area contributed by atoms with Crippen LogP contribution in [0.1, 0.15) is 43.0 Å². The Bertz CT molecular complexity index is 646. The maximum Gasteiger partial charge on any atom is 0.254 e. The number of hydrogen-bond acceptors (Lipinski definition) is 3. The molecule has 1 aliphatic rings. The number of halogens is 1. The van der Waals surface area contributed by atoms with E-state index in [0.29, 0.717) is 10.6 Å². The lowest BCUT2D eigenvalue weighted by molar-refractivity contribution is 0.0938. The fourth-order valence-corrected chi connectivity index (χ4v) is 2.99. The van der Waals surface area contributed by atoms with E-state index in [-0.39, 0.29) is 11.9 Å². The van der Waals surface area contributed by atoms with Gasteiger partial charge in [0.2, 0.25) is 0 Å². The second-order valence-electron chi connectivity index (χ2n) is 5.14. The van der Waals surface area contributed by atoms with E-state index in [4.69, 9.17) is 11.6 Å². The van der Waals surface area contributed by atoms with Crippen LogP contribution in [0.4, 0.5) is 0 Å². The minimum Gasteiger partial charge on any atom is -0.349 e. The third-order valence-electron chi connectivity index (χ3n) is 3.84. The molecule has 0 unspecified atom stereocenters. The molecule has 0 aliphatic heterocycles. The quantitative estimate of drug-likeness (QED) is 0.946. The molecule has 6 heteroatoms. The summed E-state index contributed by atoms with van der Waals surface area (Å²) in [5.74, 6) is -0.138. The highest BCUT2D eigenvalue weighted by Crippen LogP contribution is 2.26. The summed E-state index contributed by atoms with van der Waals surface area (Å²) in [4.78, 5) is 16.6. The van der Waals surface area contributed by atoms with Crippen molar-refractivity contribution in [1.82, 2.24) is 20.1 Å². The van der Waals surface area contributed by atoms with Crippen molar-refractivity contribution >= 4 is 28.5 Å². The van der Waals surface area contributed by atoms with Crippen molar-refractivity contribution < 1.29 is 4.79 Å². The van der Waals surface area contributed by atoms with Crippen LogP contribution in [0.25, 0.3) is 11.0 Å². The van der Waals surface area contributed by atoms with Crippen LogP contribution in [0, 0.1) is 0 Å². The van der Waals surface area contributed by atoms with Crippen molar-refractivity contribution in [1.29, 1.82) is 0 Å². The Morgan fingerprint density at radius 3 is 2.90 bits per heavy atom. The van der Waals surface area contributed by atoms with Gasteiger partial charge < -0.3 is 5.32 Å². The van der Waals surface area contributed by atoms with Crippen LogP contribution >= 0.6 is 11.6 Å². The highest BCUT2D eigenvalue weighted by Gasteiger charge is 2.21. The summed E-state index contributed by atoms with van der Waals surface area (Å²) in [6, 6.07) is 0.271. The topological polar surface area (TPSA) is 59.8 Å². The Labute approximate surface area is 122 Å². The second-order valence-corrected chi connectivity index (χ2v) is 5.52. The Kier molecular flexibility index (Phi) is 3.61. The van der Waals surface area contributed by atoms with Gasteiger partial charge in [-0.1, -0.05) is 24.4 Å². The summed E-state index contributed by atoms with van der Waals surface area (Å²) in [7, 11) is 0. The molecular weight excluding hydrogens is 276 g/mol. The van der Waals surface area contributed by atoms with Crippen LogP contribution in [0.5, 0.6) is 0 Å². The van der Waals surface area contributed by atoms with E-state index < -0.39 is 0 Å². The zero-order valence-corrected chi connectivity index (χ0v) is 12.2. The SMILES string of the molecule is CCn1ncc2c(Cl)c(C(=O)NC3CCCC3)cnc21. The minimum absolute atomic E-state index is 0.138. The summed E-state index contributed by atoms with van der Waals surface area (Å²) < 4.78 is 1.76. The van der Waals surface area contributed by atoms with Crippen molar-refractivity contribution in [3.8, 4) is 0 Å². The molecule has 1 amide bonds. The largest absolute Gasteiger partial charge is 0.349 e. The van der Waals surface area contributed by atoms with Crippen molar-refractivity contribution in [2.45, 2.75) is 45.2 Å². The number of amides is 1. The van der Waals surface area contributed by atoms with Gasteiger partial charge in [-0.05, 0) is 19.8 Å². The number of nitrogens with one attached hydrogen (secondary N) is 1. The molecule has 0 radical (unpaired) electrons. The predicted molar refractivity (Wildman–Crippen MR) is 77.9 cm³/mol. The highest BCUT2D eigenvalue weighted by molar-refractivity contribution is 6.38. The van der Waals surface area contributed by atoms with Crippen LogP contribution in [-0.4, -0.2) is 26.7 Å². The van der Waals surface area contributed by atoms with Gasteiger partial charge in [0.15, 0.2) is 5.65 Å². The molecule has 3 rings (SSSR count). The molecule has 2 aromatic heterocycles. The third kappa shape index (κ3) is 2.26. The zero-order valence-electron chi connectivity index (χ0n) is 11.4. The average molecular weight is 293 g/mol. The molecule has 0 atom stereocenters. The van der Waals surface area contributed by atoms with Crippen molar-refractivity contribution in [2.75, 3.05) is 0 Å². The molecule has 1 fully saturated rings. The first kappa shape index (κ1) is 13.4. The molecule has 0 aromatic carbocycles. The van der Waals surface area contributed by atoms with E-state index in [9.17, 15) is 4.79 Å². The lowest BCUT2D eigenvalue weighted by Crippen LogP contribution is -2.32. The molecule has 0 spiro atoms. The monoisotopic (exact) mass is 292 g/mol. The Morgan fingerprint density at radius 2 is 2.20 bits per heavy atom. The van der Waals surface area contributed by atoms with E-state index in [0.717, 1.165) is 30.4 Å². The first-order valence-corrected chi connectivity index (χ1v) is 7.39. The van der Waals surface area contributed by atoms with Gasteiger partial charge in [-0.2, -0.15) is 5.10 Å². The maximum atomic E-state index is 12.3. The summed E-state index contributed by atoms with van der Waals surface area (Å²) in [6.07, 6.45) is 7.67. The van der Waals surface area contributed by atoms with E-state index in [1.807, 2.05) is 6.92 Å². The average Bonchev–Trinajstić information content (AvgIpc) is 3.07. The Balaban J connectivity index is 1.91. The first-order chi connectivity index (χ1) is 9.70. The molecular formula is C14H17ClN4O. The number of fused-ring (bicyclic) bond motifs is 1. The number of rotatable bonds is 3. The molecule has 2 heterocycles.